The first kappa shape index (κ1) is 11.6. The quantitative estimate of drug-likeness (QED) is 0.920. The molecule has 15 heavy (non-hydrogen) atoms. The van der Waals surface area contributed by atoms with Crippen LogP contribution in [-0.4, -0.2) is 19.3 Å². The highest BCUT2D eigenvalue weighted by atomic mass is 79.9. The van der Waals surface area contributed by atoms with Crippen LogP contribution < -0.4 is 5.32 Å². The number of halogens is 1. The fourth-order valence-corrected chi connectivity index (χ4v) is 3.33. The Morgan fingerprint density at radius 1 is 1.60 bits per heavy atom. The van der Waals surface area contributed by atoms with Crippen LogP contribution in [-0.2, 0) is 11.3 Å². The number of thiophene rings is 1. The van der Waals surface area contributed by atoms with Gasteiger partial charge >= 0.3 is 0 Å². The molecular weight excluding hydrogens is 274 g/mol. The minimum atomic E-state index is 0.485. The van der Waals surface area contributed by atoms with Gasteiger partial charge in [0.25, 0.3) is 0 Å². The highest BCUT2D eigenvalue weighted by Gasteiger charge is 2.28. The molecule has 0 aliphatic heterocycles. The molecule has 2 nitrogen and oxygen atoms in total. The third-order valence-electron chi connectivity index (χ3n) is 2.90. The van der Waals surface area contributed by atoms with Gasteiger partial charge in [0.1, 0.15) is 0 Å². The molecule has 1 heterocycles. The van der Waals surface area contributed by atoms with Gasteiger partial charge in [-0.3, -0.25) is 0 Å². The van der Waals surface area contributed by atoms with E-state index >= 15 is 0 Å². The topological polar surface area (TPSA) is 21.3 Å². The molecular formula is C11H16BrNOS. The molecule has 0 amide bonds. The molecule has 1 aliphatic rings. The molecule has 1 N–H and O–H groups in total. The van der Waals surface area contributed by atoms with Crippen LogP contribution in [0, 0.1) is 6.92 Å². The van der Waals surface area contributed by atoms with Crippen molar-refractivity contribution in [1.29, 1.82) is 0 Å². The third-order valence-corrected chi connectivity index (χ3v) is 5.04. The van der Waals surface area contributed by atoms with E-state index in [0.29, 0.717) is 12.1 Å². The highest BCUT2D eigenvalue weighted by molar-refractivity contribution is 9.10. The molecule has 0 aromatic carbocycles. The van der Waals surface area contributed by atoms with Gasteiger partial charge in [-0.2, -0.15) is 0 Å². The Balaban J connectivity index is 1.75. The van der Waals surface area contributed by atoms with Gasteiger partial charge in [0.15, 0.2) is 0 Å². The molecule has 0 bridgehead atoms. The summed E-state index contributed by atoms with van der Waals surface area (Å²) in [6.07, 6.45) is 2.80. The molecule has 1 aromatic heterocycles. The summed E-state index contributed by atoms with van der Waals surface area (Å²) in [7, 11) is 1.79. The summed E-state index contributed by atoms with van der Waals surface area (Å²) >= 11 is 5.39. The number of methoxy groups -OCH3 is 1. The SMILES string of the molecule is COC1CC(NCc2cc(Br)c(C)s2)C1. The zero-order chi connectivity index (χ0) is 10.8. The van der Waals surface area contributed by atoms with Crippen LogP contribution in [0.25, 0.3) is 0 Å². The van der Waals surface area contributed by atoms with Crippen LogP contribution in [0.3, 0.4) is 0 Å². The largest absolute Gasteiger partial charge is 0.381 e. The van der Waals surface area contributed by atoms with Gasteiger partial charge in [-0.1, -0.05) is 0 Å². The number of nitrogens with one attached hydrogen (secondary N) is 1. The van der Waals surface area contributed by atoms with Crippen LogP contribution in [0.4, 0.5) is 0 Å². The van der Waals surface area contributed by atoms with Gasteiger partial charge < -0.3 is 10.1 Å². The van der Waals surface area contributed by atoms with Crippen LogP contribution in [0.15, 0.2) is 10.5 Å². The van der Waals surface area contributed by atoms with Crippen molar-refractivity contribution in [3.05, 3.63) is 20.3 Å². The van der Waals surface area contributed by atoms with E-state index in [4.69, 9.17) is 4.74 Å². The lowest BCUT2D eigenvalue weighted by atomic mass is 9.89. The number of aryl methyl sites for hydroxylation is 1. The van der Waals surface area contributed by atoms with Crippen molar-refractivity contribution in [1.82, 2.24) is 5.32 Å². The number of rotatable bonds is 4. The average molecular weight is 290 g/mol. The summed E-state index contributed by atoms with van der Waals surface area (Å²) < 4.78 is 6.48. The van der Waals surface area contributed by atoms with Crippen LogP contribution >= 0.6 is 27.3 Å². The monoisotopic (exact) mass is 289 g/mol. The maximum Gasteiger partial charge on any atom is 0.0601 e. The Morgan fingerprint density at radius 3 is 2.87 bits per heavy atom. The number of hydrogen-bond donors (Lipinski definition) is 1. The van der Waals surface area contributed by atoms with Gasteiger partial charge in [-0.25, -0.2) is 0 Å². The maximum atomic E-state index is 5.25. The van der Waals surface area contributed by atoms with Crippen molar-refractivity contribution in [2.75, 3.05) is 7.11 Å². The highest BCUT2D eigenvalue weighted by Crippen LogP contribution is 2.27. The van der Waals surface area contributed by atoms with Crippen LogP contribution in [0.1, 0.15) is 22.6 Å². The van der Waals surface area contributed by atoms with E-state index in [1.807, 2.05) is 11.3 Å². The smallest absolute Gasteiger partial charge is 0.0601 e. The average Bonchev–Trinajstić information content (AvgIpc) is 2.44. The molecule has 1 aromatic rings. The van der Waals surface area contributed by atoms with E-state index in [-0.39, 0.29) is 0 Å². The maximum absolute atomic E-state index is 5.25. The number of hydrogen-bond acceptors (Lipinski definition) is 3. The summed E-state index contributed by atoms with van der Waals surface area (Å²) in [6.45, 7) is 3.13. The fraction of sp³-hybridized carbons (Fsp3) is 0.636. The lowest BCUT2D eigenvalue weighted by Gasteiger charge is -2.34. The zero-order valence-electron chi connectivity index (χ0n) is 9.05. The molecule has 0 atom stereocenters. The molecule has 0 radical (unpaired) electrons. The van der Waals surface area contributed by atoms with Crippen molar-refractivity contribution >= 4 is 27.3 Å². The van der Waals surface area contributed by atoms with E-state index < -0.39 is 0 Å². The van der Waals surface area contributed by atoms with Gasteiger partial charge in [0, 0.05) is 33.9 Å². The van der Waals surface area contributed by atoms with Crippen molar-refractivity contribution in [3.63, 3.8) is 0 Å². The predicted octanol–water partition coefficient (Wildman–Crippen LogP) is 3.09. The summed E-state index contributed by atoms with van der Waals surface area (Å²) in [5, 5.41) is 3.55. The summed E-state index contributed by atoms with van der Waals surface area (Å²) in [5.74, 6) is 0. The first-order valence-electron chi connectivity index (χ1n) is 5.20. The molecule has 0 unspecified atom stereocenters. The minimum absolute atomic E-state index is 0.485. The molecule has 4 heteroatoms. The van der Waals surface area contributed by atoms with Gasteiger partial charge in [-0.15, -0.1) is 11.3 Å². The van der Waals surface area contributed by atoms with Gasteiger partial charge in [0.05, 0.1) is 6.10 Å². The van der Waals surface area contributed by atoms with E-state index in [9.17, 15) is 0 Å². The normalized spacial score (nSPS) is 25.3. The summed E-state index contributed by atoms with van der Waals surface area (Å²) in [4.78, 5) is 2.76. The van der Waals surface area contributed by atoms with Gasteiger partial charge in [-0.05, 0) is 41.8 Å². The van der Waals surface area contributed by atoms with E-state index in [1.165, 1.54) is 14.2 Å². The van der Waals surface area contributed by atoms with Gasteiger partial charge in [0.2, 0.25) is 0 Å². The predicted molar refractivity (Wildman–Crippen MR) is 67.4 cm³/mol. The summed E-state index contributed by atoms with van der Waals surface area (Å²) in [5.41, 5.74) is 0. The lowest BCUT2D eigenvalue weighted by Crippen LogP contribution is -2.44. The molecule has 1 fully saturated rings. The minimum Gasteiger partial charge on any atom is -0.381 e. The summed E-state index contributed by atoms with van der Waals surface area (Å²) in [6, 6.07) is 2.86. The number of ether oxygens (including phenoxy) is 1. The van der Waals surface area contributed by atoms with E-state index in [0.717, 1.165) is 19.4 Å². The Hall–Kier alpha value is 0.1000. The molecule has 1 saturated carbocycles. The van der Waals surface area contributed by atoms with Crippen molar-refractivity contribution in [3.8, 4) is 0 Å². The first-order chi connectivity index (χ1) is 7.19. The fourth-order valence-electron chi connectivity index (χ4n) is 1.77. The Labute approximate surface area is 103 Å². The van der Waals surface area contributed by atoms with Crippen molar-refractivity contribution in [2.45, 2.75) is 38.5 Å². The van der Waals surface area contributed by atoms with E-state index in [1.54, 1.807) is 7.11 Å². The van der Waals surface area contributed by atoms with Crippen LogP contribution in [0.5, 0.6) is 0 Å². The zero-order valence-corrected chi connectivity index (χ0v) is 11.5. The Morgan fingerprint density at radius 2 is 2.33 bits per heavy atom. The second-order valence-corrected chi connectivity index (χ2v) is 6.22. The molecule has 0 spiro atoms. The molecule has 0 saturated heterocycles. The first-order valence-corrected chi connectivity index (χ1v) is 6.81. The van der Waals surface area contributed by atoms with E-state index in [2.05, 4.69) is 34.2 Å². The lowest BCUT2D eigenvalue weighted by molar-refractivity contribution is 0.0170. The Kier molecular flexibility index (Phi) is 3.83. The van der Waals surface area contributed by atoms with Crippen molar-refractivity contribution < 1.29 is 4.74 Å². The second kappa shape index (κ2) is 4.95. The molecule has 84 valence electrons. The standard InChI is InChI=1S/C11H16BrNOS/c1-7-11(12)5-10(15-7)6-13-8-3-9(4-8)14-2/h5,8-9,13H,3-4,6H2,1-2H3. The van der Waals surface area contributed by atoms with Crippen LogP contribution in [0.2, 0.25) is 0 Å². The third kappa shape index (κ3) is 2.81. The molecule has 2 rings (SSSR count). The molecule has 1 aliphatic carbocycles. The second-order valence-electron chi connectivity index (χ2n) is 4.02. The Bertz CT molecular complexity index is 314. The van der Waals surface area contributed by atoms with Crippen molar-refractivity contribution in [2.24, 2.45) is 0 Å².